The lowest BCUT2D eigenvalue weighted by Gasteiger charge is -2.19. The molecule has 0 radical (unpaired) electrons. The van der Waals surface area contributed by atoms with Gasteiger partial charge in [-0.2, -0.15) is 0 Å². The Morgan fingerprint density at radius 2 is 2.25 bits per heavy atom. The van der Waals surface area contributed by atoms with Gasteiger partial charge in [0.2, 0.25) is 0 Å². The Labute approximate surface area is 69.7 Å². The molecule has 2 aliphatic rings. The molecular weight excluding hydrogens is 156 g/mol. The molecule has 0 amide bonds. The number of rotatable bonds is 0. The number of ether oxygens (including phenoxy) is 1. The largest absolute Gasteiger partial charge is 0.389 e. The van der Waals surface area contributed by atoms with E-state index in [1.54, 1.807) is 19.1 Å². The fraction of sp³-hybridized carbons (Fsp3) is 0.333. The summed E-state index contributed by atoms with van der Waals surface area (Å²) < 4.78 is 4.53. The predicted octanol–water partition coefficient (Wildman–Crippen LogP) is 0.962. The van der Waals surface area contributed by atoms with Gasteiger partial charge in [0.05, 0.1) is 5.57 Å². The number of allylic oxidation sites excluding steroid dienone is 3. The molecule has 1 aliphatic carbocycles. The van der Waals surface area contributed by atoms with Crippen molar-refractivity contribution in [2.75, 3.05) is 0 Å². The van der Waals surface area contributed by atoms with Crippen LogP contribution in [0.3, 0.4) is 0 Å². The van der Waals surface area contributed by atoms with E-state index in [0.717, 1.165) is 0 Å². The third-order valence-corrected chi connectivity index (χ3v) is 2.38. The molecule has 62 valence electrons. The highest BCUT2D eigenvalue weighted by Gasteiger charge is 2.49. The van der Waals surface area contributed by atoms with Crippen LogP contribution in [0.1, 0.15) is 13.3 Å². The van der Waals surface area contributed by atoms with Gasteiger partial charge >= 0.3 is 11.9 Å². The molecule has 2 rings (SSSR count). The molecule has 1 fully saturated rings. The van der Waals surface area contributed by atoms with Crippen molar-refractivity contribution < 1.29 is 14.3 Å². The zero-order chi connectivity index (χ0) is 8.77. The van der Waals surface area contributed by atoms with Gasteiger partial charge in [-0.3, -0.25) is 4.79 Å². The maximum Gasteiger partial charge on any atom is 0.342 e. The summed E-state index contributed by atoms with van der Waals surface area (Å²) in [6.45, 7) is 1.73. The molecular formula is C9H8O3. The van der Waals surface area contributed by atoms with E-state index in [1.165, 1.54) is 0 Å². The molecule has 0 bridgehead atoms. The second-order valence-corrected chi connectivity index (χ2v) is 3.22. The molecule has 0 aromatic heterocycles. The first kappa shape index (κ1) is 7.28. The van der Waals surface area contributed by atoms with Gasteiger partial charge in [-0.25, -0.2) is 4.79 Å². The highest BCUT2D eigenvalue weighted by Crippen LogP contribution is 2.41. The Hall–Kier alpha value is -1.38. The highest BCUT2D eigenvalue weighted by molar-refractivity contribution is 6.10. The molecule has 0 N–H and O–H groups in total. The summed E-state index contributed by atoms with van der Waals surface area (Å²) in [7, 11) is 0. The van der Waals surface area contributed by atoms with Crippen molar-refractivity contribution in [3.63, 3.8) is 0 Å². The van der Waals surface area contributed by atoms with Crippen LogP contribution in [0.2, 0.25) is 0 Å². The molecule has 1 heterocycles. The molecule has 1 atom stereocenters. The van der Waals surface area contributed by atoms with Gasteiger partial charge < -0.3 is 4.74 Å². The molecule has 0 aromatic rings. The number of esters is 2. The first-order valence-electron chi connectivity index (χ1n) is 3.78. The van der Waals surface area contributed by atoms with Crippen LogP contribution in [0.25, 0.3) is 0 Å². The third kappa shape index (κ3) is 0.706. The van der Waals surface area contributed by atoms with E-state index in [9.17, 15) is 9.59 Å². The molecule has 1 saturated heterocycles. The maximum atomic E-state index is 11.2. The summed E-state index contributed by atoms with van der Waals surface area (Å²) in [5, 5.41) is 0. The Bertz CT molecular complexity index is 325. The van der Waals surface area contributed by atoms with E-state index < -0.39 is 17.4 Å². The lowest BCUT2D eigenvalue weighted by atomic mass is 9.78. The highest BCUT2D eigenvalue weighted by atomic mass is 16.6. The van der Waals surface area contributed by atoms with E-state index in [2.05, 4.69) is 4.74 Å². The number of hydrogen-bond donors (Lipinski definition) is 0. The lowest BCUT2D eigenvalue weighted by molar-refractivity contribution is -0.154. The van der Waals surface area contributed by atoms with E-state index in [0.29, 0.717) is 12.0 Å². The Balaban J connectivity index is 2.54. The van der Waals surface area contributed by atoms with Gasteiger partial charge in [0, 0.05) is 0 Å². The molecule has 3 nitrogen and oxygen atoms in total. The average molecular weight is 164 g/mol. The van der Waals surface area contributed by atoms with Gasteiger partial charge in [-0.15, -0.1) is 0 Å². The van der Waals surface area contributed by atoms with Crippen LogP contribution < -0.4 is 0 Å². The van der Waals surface area contributed by atoms with E-state index in [4.69, 9.17) is 0 Å². The van der Waals surface area contributed by atoms with E-state index in [1.807, 2.05) is 6.08 Å². The summed E-state index contributed by atoms with van der Waals surface area (Å²) in [6, 6.07) is 0. The van der Waals surface area contributed by atoms with Crippen LogP contribution in [-0.2, 0) is 14.3 Å². The van der Waals surface area contributed by atoms with Crippen molar-refractivity contribution in [3.05, 3.63) is 23.8 Å². The summed E-state index contributed by atoms with van der Waals surface area (Å²) in [4.78, 5) is 22.3. The quantitative estimate of drug-likeness (QED) is 0.395. The van der Waals surface area contributed by atoms with Crippen LogP contribution >= 0.6 is 0 Å². The van der Waals surface area contributed by atoms with Gasteiger partial charge in [0.1, 0.15) is 5.41 Å². The average Bonchev–Trinajstić information content (AvgIpc) is 2.25. The van der Waals surface area contributed by atoms with Crippen LogP contribution in [0, 0.1) is 5.41 Å². The predicted molar refractivity (Wildman–Crippen MR) is 41.0 cm³/mol. The molecule has 0 saturated carbocycles. The van der Waals surface area contributed by atoms with Crippen molar-refractivity contribution in [1.82, 2.24) is 0 Å². The number of carbonyl (C=O) groups excluding carboxylic acids is 2. The van der Waals surface area contributed by atoms with Crippen molar-refractivity contribution in [2.45, 2.75) is 13.3 Å². The SMILES string of the molecule is CC12CC=CC=C1C(=O)OC2=O. The minimum absolute atomic E-state index is 0.428. The number of hydrogen-bond acceptors (Lipinski definition) is 3. The van der Waals surface area contributed by atoms with Crippen LogP contribution in [0.15, 0.2) is 23.8 Å². The Morgan fingerprint density at radius 1 is 1.50 bits per heavy atom. The first-order chi connectivity index (χ1) is 5.64. The van der Waals surface area contributed by atoms with Gasteiger partial charge in [0.15, 0.2) is 0 Å². The summed E-state index contributed by atoms with van der Waals surface area (Å²) in [5.74, 6) is -0.921. The topological polar surface area (TPSA) is 43.4 Å². The molecule has 1 unspecified atom stereocenters. The van der Waals surface area contributed by atoms with Crippen molar-refractivity contribution in [3.8, 4) is 0 Å². The fourth-order valence-electron chi connectivity index (χ4n) is 1.50. The van der Waals surface area contributed by atoms with Crippen LogP contribution in [0.4, 0.5) is 0 Å². The number of cyclic esters (lactones) is 2. The number of carbonyl (C=O) groups is 2. The van der Waals surface area contributed by atoms with Crippen LogP contribution in [-0.4, -0.2) is 11.9 Å². The lowest BCUT2D eigenvalue weighted by Crippen LogP contribution is -2.24. The smallest absolute Gasteiger partial charge is 0.342 e. The third-order valence-electron chi connectivity index (χ3n) is 2.38. The monoisotopic (exact) mass is 164 g/mol. The Morgan fingerprint density at radius 3 is 2.92 bits per heavy atom. The summed E-state index contributed by atoms with van der Waals surface area (Å²) in [6.07, 6.45) is 5.85. The minimum Gasteiger partial charge on any atom is -0.389 e. The van der Waals surface area contributed by atoms with E-state index >= 15 is 0 Å². The Kier molecular flexibility index (Phi) is 1.25. The number of fused-ring (bicyclic) bond motifs is 1. The zero-order valence-electron chi connectivity index (χ0n) is 6.66. The van der Waals surface area contributed by atoms with E-state index in [-0.39, 0.29) is 0 Å². The normalized spacial score (nSPS) is 32.9. The first-order valence-corrected chi connectivity index (χ1v) is 3.78. The standard InChI is InChI=1S/C9H8O3/c1-9-5-3-2-4-6(9)7(10)12-8(9)11/h2-4H,5H2,1H3. The molecule has 12 heavy (non-hydrogen) atoms. The molecule has 0 aromatic carbocycles. The minimum atomic E-state index is -0.716. The summed E-state index contributed by atoms with van der Waals surface area (Å²) >= 11 is 0. The zero-order valence-corrected chi connectivity index (χ0v) is 6.66. The van der Waals surface area contributed by atoms with Gasteiger partial charge in [-0.1, -0.05) is 18.2 Å². The van der Waals surface area contributed by atoms with Crippen LogP contribution in [0.5, 0.6) is 0 Å². The summed E-state index contributed by atoms with van der Waals surface area (Å²) in [5.41, 5.74) is -0.235. The van der Waals surface area contributed by atoms with Crippen molar-refractivity contribution >= 4 is 11.9 Å². The van der Waals surface area contributed by atoms with Crippen molar-refractivity contribution in [2.24, 2.45) is 5.41 Å². The van der Waals surface area contributed by atoms with Crippen molar-refractivity contribution in [1.29, 1.82) is 0 Å². The second kappa shape index (κ2) is 2.06. The molecule has 1 aliphatic heterocycles. The molecule has 3 heteroatoms. The van der Waals surface area contributed by atoms with Gasteiger partial charge in [0.25, 0.3) is 0 Å². The maximum absolute atomic E-state index is 11.2. The fourth-order valence-corrected chi connectivity index (χ4v) is 1.50. The van der Waals surface area contributed by atoms with Gasteiger partial charge in [-0.05, 0) is 13.3 Å². The second-order valence-electron chi connectivity index (χ2n) is 3.22. The molecule has 0 spiro atoms.